The molecule has 1 aliphatic rings. The van der Waals surface area contributed by atoms with E-state index in [1.165, 1.54) is 44.5 Å². The van der Waals surface area contributed by atoms with Crippen molar-refractivity contribution in [1.29, 1.82) is 0 Å². The van der Waals surface area contributed by atoms with Crippen LogP contribution in [0.25, 0.3) is 11.0 Å². The second-order valence-electron chi connectivity index (χ2n) is 7.81. The zero-order valence-electron chi connectivity index (χ0n) is 17.2. The molecule has 0 saturated heterocycles. The Balaban J connectivity index is 1.71. The number of aromatic nitrogens is 3. The first-order valence-corrected chi connectivity index (χ1v) is 10.2. The molecule has 8 nitrogen and oxygen atoms in total. The lowest BCUT2D eigenvalue weighted by atomic mass is 9.75. The molecule has 156 valence electrons. The standard InChI is InChI=1S/C21H30N6O2/c1-3-29-18(28)14-23-13-17(11-22)25-20-24-12-16-7-10-27(19(16)26-20)15-21(2)8-5-4-6-9-21/h7,10-13H,3-6,8-9,14-15,22H2,1-2H3,(H,24,25,26). The highest BCUT2D eigenvalue weighted by atomic mass is 16.5. The predicted octanol–water partition coefficient (Wildman–Crippen LogP) is 3.25. The SMILES string of the molecule is CCOC(=O)CN=CC(=CN)Nc1ncc2ccn(CC3(C)CCCCC3)c2n1. The molecule has 2 aromatic heterocycles. The molecule has 2 heterocycles. The van der Waals surface area contributed by atoms with Crippen molar-refractivity contribution >= 4 is 29.2 Å². The number of rotatable bonds is 8. The van der Waals surface area contributed by atoms with Crippen LogP contribution in [0.4, 0.5) is 5.95 Å². The number of nitrogens with zero attached hydrogens (tertiary/aromatic N) is 4. The number of aliphatic imine (C=N–C) groups is 1. The molecule has 29 heavy (non-hydrogen) atoms. The number of nitrogens with two attached hydrogens (primary N) is 1. The van der Waals surface area contributed by atoms with Crippen molar-refractivity contribution < 1.29 is 9.53 Å². The molecule has 1 saturated carbocycles. The average molecular weight is 399 g/mol. The first-order valence-electron chi connectivity index (χ1n) is 10.2. The maximum Gasteiger partial charge on any atom is 0.327 e. The normalized spacial score (nSPS) is 17.0. The number of esters is 1. The van der Waals surface area contributed by atoms with Gasteiger partial charge in [-0.25, -0.2) is 4.98 Å². The lowest BCUT2D eigenvalue weighted by Gasteiger charge is -2.34. The smallest absolute Gasteiger partial charge is 0.327 e. The van der Waals surface area contributed by atoms with Gasteiger partial charge in [0.1, 0.15) is 12.2 Å². The van der Waals surface area contributed by atoms with E-state index in [4.69, 9.17) is 10.5 Å². The van der Waals surface area contributed by atoms with Gasteiger partial charge in [0.2, 0.25) is 5.95 Å². The minimum absolute atomic E-state index is 0.0613. The molecule has 3 N–H and O–H groups in total. The largest absolute Gasteiger partial charge is 0.465 e. The third-order valence-corrected chi connectivity index (χ3v) is 5.31. The Kier molecular flexibility index (Phi) is 6.85. The number of fused-ring (bicyclic) bond motifs is 1. The van der Waals surface area contributed by atoms with Gasteiger partial charge >= 0.3 is 5.97 Å². The fourth-order valence-corrected chi connectivity index (χ4v) is 3.80. The topological polar surface area (TPSA) is 107 Å². The van der Waals surface area contributed by atoms with Gasteiger partial charge in [0, 0.05) is 36.7 Å². The summed E-state index contributed by atoms with van der Waals surface area (Å²) < 4.78 is 7.06. The molecule has 0 bridgehead atoms. The number of anilines is 1. The van der Waals surface area contributed by atoms with Crippen molar-refractivity contribution in [2.75, 3.05) is 18.5 Å². The van der Waals surface area contributed by atoms with E-state index >= 15 is 0 Å². The summed E-state index contributed by atoms with van der Waals surface area (Å²) >= 11 is 0. The Morgan fingerprint density at radius 2 is 2.21 bits per heavy atom. The maximum absolute atomic E-state index is 11.4. The summed E-state index contributed by atoms with van der Waals surface area (Å²) in [6, 6.07) is 2.05. The summed E-state index contributed by atoms with van der Waals surface area (Å²) in [5, 5.41) is 4.06. The van der Waals surface area contributed by atoms with Gasteiger partial charge in [0.25, 0.3) is 0 Å². The molecule has 8 heteroatoms. The fourth-order valence-electron chi connectivity index (χ4n) is 3.80. The van der Waals surface area contributed by atoms with Gasteiger partial charge in [-0.15, -0.1) is 0 Å². The fraction of sp³-hybridized carbons (Fsp3) is 0.524. The van der Waals surface area contributed by atoms with E-state index in [-0.39, 0.29) is 12.5 Å². The van der Waals surface area contributed by atoms with E-state index in [1.807, 2.05) is 6.07 Å². The number of hydrogen-bond donors (Lipinski definition) is 2. The lowest BCUT2D eigenvalue weighted by molar-refractivity contribution is -0.141. The Morgan fingerprint density at radius 3 is 2.93 bits per heavy atom. The first kappa shape index (κ1) is 20.8. The van der Waals surface area contributed by atoms with Gasteiger partial charge in [0.05, 0.1) is 12.3 Å². The Morgan fingerprint density at radius 1 is 1.41 bits per heavy atom. The molecular formula is C21H30N6O2. The van der Waals surface area contributed by atoms with Crippen LogP contribution in [0.2, 0.25) is 0 Å². The highest BCUT2D eigenvalue weighted by molar-refractivity contribution is 5.85. The third kappa shape index (κ3) is 5.56. The predicted molar refractivity (Wildman–Crippen MR) is 115 cm³/mol. The van der Waals surface area contributed by atoms with E-state index in [9.17, 15) is 4.79 Å². The molecule has 1 aliphatic carbocycles. The van der Waals surface area contributed by atoms with Gasteiger partial charge in [-0.1, -0.05) is 26.2 Å². The molecule has 0 atom stereocenters. The Bertz CT molecular complexity index is 896. The summed E-state index contributed by atoms with van der Waals surface area (Å²) in [6.45, 7) is 5.35. The van der Waals surface area contributed by atoms with Crippen LogP contribution in [-0.4, -0.2) is 39.9 Å². The molecule has 1 fully saturated rings. The second-order valence-corrected chi connectivity index (χ2v) is 7.81. The lowest BCUT2D eigenvalue weighted by Crippen LogP contribution is -2.26. The molecule has 0 unspecified atom stereocenters. The van der Waals surface area contributed by atoms with E-state index in [2.05, 4.69) is 38.0 Å². The highest BCUT2D eigenvalue weighted by Gasteiger charge is 2.27. The van der Waals surface area contributed by atoms with Crippen molar-refractivity contribution in [3.05, 3.63) is 30.4 Å². The first-order chi connectivity index (χ1) is 14.0. The minimum atomic E-state index is -0.383. The Labute approximate surface area is 171 Å². The summed E-state index contributed by atoms with van der Waals surface area (Å²) in [5.41, 5.74) is 7.38. The minimum Gasteiger partial charge on any atom is -0.465 e. The number of hydrogen-bond acceptors (Lipinski definition) is 7. The van der Waals surface area contributed by atoms with Gasteiger partial charge < -0.3 is 20.4 Å². The molecular weight excluding hydrogens is 368 g/mol. The van der Waals surface area contributed by atoms with Gasteiger partial charge in [-0.05, 0) is 31.2 Å². The molecule has 0 radical (unpaired) electrons. The molecule has 0 amide bonds. The molecule has 2 aromatic rings. The maximum atomic E-state index is 11.4. The quantitative estimate of drug-likeness (QED) is 0.522. The molecule has 0 aromatic carbocycles. The van der Waals surface area contributed by atoms with Crippen molar-refractivity contribution in [2.45, 2.75) is 52.5 Å². The summed E-state index contributed by atoms with van der Waals surface area (Å²) in [6.07, 6.45) is 13.2. The van der Waals surface area contributed by atoms with Crippen molar-refractivity contribution in [1.82, 2.24) is 14.5 Å². The van der Waals surface area contributed by atoms with Crippen LogP contribution >= 0.6 is 0 Å². The molecule has 3 rings (SSSR count). The molecule has 0 aliphatic heterocycles. The number of ether oxygens (including phenoxy) is 1. The van der Waals surface area contributed by atoms with Crippen molar-refractivity contribution in [3.63, 3.8) is 0 Å². The van der Waals surface area contributed by atoms with Crippen molar-refractivity contribution in [3.8, 4) is 0 Å². The number of nitrogens with one attached hydrogen (secondary N) is 1. The van der Waals surface area contributed by atoms with E-state index in [0.717, 1.165) is 17.6 Å². The average Bonchev–Trinajstić information content (AvgIpc) is 3.09. The van der Waals surface area contributed by atoms with Crippen LogP contribution in [0, 0.1) is 5.41 Å². The van der Waals surface area contributed by atoms with Gasteiger partial charge in [-0.2, -0.15) is 4.98 Å². The third-order valence-electron chi connectivity index (χ3n) is 5.31. The zero-order chi connectivity index (χ0) is 20.7. The van der Waals surface area contributed by atoms with E-state index in [0.29, 0.717) is 23.7 Å². The van der Waals surface area contributed by atoms with Crippen LogP contribution in [0.5, 0.6) is 0 Å². The number of allylic oxidation sites excluding steroid dienone is 1. The molecule has 0 spiro atoms. The van der Waals surface area contributed by atoms with Crippen molar-refractivity contribution in [2.24, 2.45) is 16.1 Å². The number of carbonyl (C=O) groups is 1. The van der Waals surface area contributed by atoms with Crippen LogP contribution in [0.15, 0.2) is 35.3 Å². The summed E-state index contributed by atoms with van der Waals surface area (Å²) in [5.74, 6) is 0.0531. The van der Waals surface area contributed by atoms with E-state index < -0.39 is 0 Å². The van der Waals surface area contributed by atoms with Crippen LogP contribution < -0.4 is 11.1 Å². The summed E-state index contributed by atoms with van der Waals surface area (Å²) in [4.78, 5) is 24.5. The van der Waals surface area contributed by atoms with Gasteiger partial charge in [0.15, 0.2) is 0 Å². The van der Waals surface area contributed by atoms with Gasteiger partial charge in [-0.3, -0.25) is 9.79 Å². The number of carbonyl (C=O) groups excluding carboxylic acids is 1. The Hall–Kier alpha value is -2.90. The highest BCUT2D eigenvalue weighted by Crippen LogP contribution is 2.37. The van der Waals surface area contributed by atoms with Crippen LogP contribution in [0.1, 0.15) is 46.0 Å². The second kappa shape index (κ2) is 9.54. The zero-order valence-corrected chi connectivity index (χ0v) is 17.2. The monoisotopic (exact) mass is 398 g/mol. The summed E-state index contributed by atoms with van der Waals surface area (Å²) in [7, 11) is 0. The van der Waals surface area contributed by atoms with Crippen LogP contribution in [0.3, 0.4) is 0 Å². The van der Waals surface area contributed by atoms with E-state index in [1.54, 1.807) is 13.1 Å². The van der Waals surface area contributed by atoms with Crippen LogP contribution in [-0.2, 0) is 16.1 Å².